The van der Waals surface area contributed by atoms with Gasteiger partial charge in [-0.15, -0.1) is 0 Å². The Morgan fingerprint density at radius 3 is 1.15 bits per heavy atom. The van der Waals surface area contributed by atoms with E-state index in [1.165, 1.54) is 43.0 Å². The lowest BCUT2D eigenvalue weighted by atomic mass is 9.77. The number of hydrogen-bond acceptors (Lipinski definition) is 3. The van der Waals surface area contributed by atoms with Gasteiger partial charge in [-0.1, -0.05) is 158 Å². The number of fused-ring (bicyclic) bond motifs is 2. The third-order valence-electron chi connectivity index (χ3n) is 9.92. The molecule has 0 N–H and O–H groups in total. The molecule has 0 saturated carbocycles. The summed E-state index contributed by atoms with van der Waals surface area (Å²) in [5.41, 5.74) is 2.62. The first kappa shape index (κ1) is 30.2. The van der Waals surface area contributed by atoms with Crippen molar-refractivity contribution in [2.45, 2.75) is 18.6 Å². The standard InChI is InChI=1S/C43H36O2P2S/c1-5-17-35(18-6-1)46(36-19-7-2-8-20-36)39-25-13-15-31-27-33-29-48-30-34-28-32-16-14-26-40(42(32)45-43(33,34)44-41(31)39)47(37-21-9-3-10-22-37)38-23-11-4-12-24-38/h1-26,33-34H,27-30H2/t33-,34-,43?/m0/s1. The summed E-state index contributed by atoms with van der Waals surface area (Å²) in [6, 6.07) is 57.6. The van der Waals surface area contributed by atoms with E-state index in [2.05, 4.69) is 169 Å². The summed E-state index contributed by atoms with van der Waals surface area (Å²) in [6.07, 6.45) is 1.92. The molecule has 3 aliphatic heterocycles. The molecule has 6 aromatic rings. The topological polar surface area (TPSA) is 18.5 Å². The molecule has 6 aromatic carbocycles. The van der Waals surface area contributed by atoms with E-state index in [1.54, 1.807) is 0 Å². The zero-order valence-electron chi connectivity index (χ0n) is 26.6. The van der Waals surface area contributed by atoms with Crippen LogP contribution in [0, 0.1) is 11.8 Å². The van der Waals surface area contributed by atoms with Crippen LogP contribution in [-0.4, -0.2) is 17.3 Å². The van der Waals surface area contributed by atoms with Gasteiger partial charge in [-0.05, 0) is 61.0 Å². The monoisotopic (exact) mass is 678 g/mol. The first-order chi connectivity index (χ1) is 23.8. The van der Waals surface area contributed by atoms with Crippen molar-refractivity contribution in [3.8, 4) is 11.5 Å². The summed E-state index contributed by atoms with van der Waals surface area (Å²) >= 11 is 2.07. The highest BCUT2D eigenvalue weighted by atomic mass is 32.2. The highest BCUT2D eigenvalue weighted by Gasteiger charge is 2.58. The molecule has 2 atom stereocenters. The molecule has 1 spiro atoms. The van der Waals surface area contributed by atoms with Crippen LogP contribution in [0.1, 0.15) is 11.1 Å². The molecule has 48 heavy (non-hydrogen) atoms. The summed E-state index contributed by atoms with van der Waals surface area (Å²) < 4.78 is 15.1. The Labute approximate surface area is 290 Å². The molecule has 9 rings (SSSR count). The van der Waals surface area contributed by atoms with E-state index < -0.39 is 21.6 Å². The second-order valence-electron chi connectivity index (χ2n) is 12.8. The molecule has 3 heterocycles. The van der Waals surface area contributed by atoms with Gasteiger partial charge in [0.2, 0.25) is 0 Å². The van der Waals surface area contributed by atoms with Gasteiger partial charge >= 0.3 is 0 Å². The third-order valence-corrected chi connectivity index (χ3v) is 16.1. The maximum Gasteiger partial charge on any atom is 0.259 e. The Bertz CT molecular complexity index is 1810. The molecule has 0 aliphatic carbocycles. The predicted octanol–water partition coefficient (Wildman–Crippen LogP) is 7.45. The first-order valence-electron chi connectivity index (χ1n) is 16.8. The summed E-state index contributed by atoms with van der Waals surface area (Å²) in [5, 5.41) is 7.89. The van der Waals surface area contributed by atoms with Crippen LogP contribution in [0.5, 0.6) is 11.5 Å². The van der Waals surface area contributed by atoms with Gasteiger partial charge in [0, 0.05) is 34.0 Å². The molecule has 0 bridgehead atoms. The molecule has 0 amide bonds. The smallest absolute Gasteiger partial charge is 0.259 e. The lowest BCUT2D eigenvalue weighted by Gasteiger charge is -2.54. The van der Waals surface area contributed by atoms with Crippen molar-refractivity contribution in [1.29, 1.82) is 0 Å². The normalized spacial score (nSPS) is 20.9. The molecule has 1 fully saturated rings. The van der Waals surface area contributed by atoms with Crippen molar-refractivity contribution in [1.82, 2.24) is 0 Å². The Hall–Kier alpha value is -3.87. The largest absolute Gasteiger partial charge is 0.451 e. The molecule has 236 valence electrons. The van der Waals surface area contributed by atoms with Gasteiger partial charge in [-0.25, -0.2) is 0 Å². The molecule has 2 nitrogen and oxygen atoms in total. The maximum atomic E-state index is 7.57. The molecule has 0 aromatic heterocycles. The number of rotatable bonds is 6. The van der Waals surface area contributed by atoms with E-state index in [4.69, 9.17) is 9.47 Å². The van der Waals surface area contributed by atoms with E-state index >= 15 is 0 Å². The fraction of sp³-hybridized carbons (Fsp3) is 0.163. The molecule has 3 aliphatic rings. The van der Waals surface area contributed by atoms with Gasteiger partial charge in [0.25, 0.3) is 5.79 Å². The summed E-state index contributed by atoms with van der Waals surface area (Å²) in [4.78, 5) is 0. The lowest BCUT2D eigenvalue weighted by Crippen LogP contribution is -2.64. The zero-order valence-corrected chi connectivity index (χ0v) is 29.2. The summed E-state index contributed by atoms with van der Waals surface area (Å²) in [5.74, 6) is 3.98. The second-order valence-corrected chi connectivity index (χ2v) is 18.3. The number of para-hydroxylation sites is 2. The zero-order chi connectivity index (χ0) is 31.9. The minimum absolute atomic E-state index is 0.268. The van der Waals surface area contributed by atoms with Crippen molar-refractivity contribution in [2.75, 3.05) is 11.5 Å². The molecule has 5 heteroatoms. The molecular weight excluding hydrogens is 642 g/mol. The van der Waals surface area contributed by atoms with Gasteiger partial charge in [0.05, 0.1) is 0 Å². The van der Waals surface area contributed by atoms with E-state index in [1.807, 2.05) is 0 Å². The van der Waals surface area contributed by atoms with Gasteiger partial charge in [-0.2, -0.15) is 11.8 Å². The van der Waals surface area contributed by atoms with Crippen LogP contribution in [0.2, 0.25) is 0 Å². The average Bonchev–Trinajstić information content (AvgIpc) is 3.15. The van der Waals surface area contributed by atoms with E-state index in [0.29, 0.717) is 0 Å². The quantitative estimate of drug-likeness (QED) is 0.171. The van der Waals surface area contributed by atoms with Crippen molar-refractivity contribution >= 4 is 59.4 Å². The number of hydrogen-bond donors (Lipinski definition) is 0. The highest BCUT2D eigenvalue weighted by Crippen LogP contribution is 2.54. The van der Waals surface area contributed by atoms with Crippen LogP contribution < -0.4 is 41.3 Å². The van der Waals surface area contributed by atoms with Crippen LogP contribution in [0.15, 0.2) is 158 Å². The summed E-state index contributed by atoms with van der Waals surface area (Å²) in [7, 11) is -1.65. The predicted molar refractivity (Wildman–Crippen MR) is 206 cm³/mol. The second kappa shape index (κ2) is 12.9. The maximum absolute atomic E-state index is 7.57. The van der Waals surface area contributed by atoms with Gasteiger partial charge in [0.15, 0.2) is 0 Å². The van der Waals surface area contributed by atoms with Crippen LogP contribution in [0.4, 0.5) is 0 Å². The Balaban J connectivity index is 1.19. The summed E-state index contributed by atoms with van der Waals surface area (Å²) in [6.45, 7) is 0. The van der Waals surface area contributed by atoms with E-state index in [0.717, 1.165) is 35.8 Å². The lowest BCUT2D eigenvalue weighted by molar-refractivity contribution is -0.201. The Morgan fingerprint density at radius 2 is 0.792 bits per heavy atom. The van der Waals surface area contributed by atoms with Gasteiger partial charge in [-0.3, -0.25) is 0 Å². The van der Waals surface area contributed by atoms with Crippen molar-refractivity contribution in [3.63, 3.8) is 0 Å². The first-order valence-corrected chi connectivity index (χ1v) is 20.6. The minimum Gasteiger partial charge on any atom is -0.451 e. The van der Waals surface area contributed by atoms with Crippen LogP contribution >= 0.6 is 27.6 Å². The number of ether oxygens (including phenoxy) is 2. The van der Waals surface area contributed by atoms with E-state index in [-0.39, 0.29) is 11.8 Å². The number of benzene rings is 6. The minimum atomic E-state index is -0.825. The Morgan fingerprint density at radius 1 is 0.438 bits per heavy atom. The molecular formula is C43H36O2P2S. The average molecular weight is 679 g/mol. The molecule has 0 unspecified atom stereocenters. The van der Waals surface area contributed by atoms with Crippen LogP contribution in [-0.2, 0) is 12.8 Å². The van der Waals surface area contributed by atoms with E-state index in [9.17, 15) is 0 Å². The SMILES string of the molecule is c1ccc(P(c2ccccc2)c2cccc3c2OC24Oc5c(cccc5P(c5ccccc5)c5ccccc5)C[C@H]2CSC[C@@H]4C3)cc1. The van der Waals surface area contributed by atoms with Crippen molar-refractivity contribution < 1.29 is 9.47 Å². The van der Waals surface area contributed by atoms with Gasteiger partial charge in [0.1, 0.15) is 11.5 Å². The van der Waals surface area contributed by atoms with Crippen LogP contribution in [0.3, 0.4) is 0 Å². The van der Waals surface area contributed by atoms with Crippen LogP contribution in [0.25, 0.3) is 0 Å². The molecule has 1 saturated heterocycles. The Kier molecular flexibility index (Phi) is 8.10. The highest BCUT2D eigenvalue weighted by molar-refractivity contribution is 7.99. The van der Waals surface area contributed by atoms with Crippen molar-refractivity contribution in [3.05, 3.63) is 169 Å². The van der Waals surface area contributed by atoms with Gasteiger partial charge < -0.3 is 9.47 Å². The number of thioether (sulfide) groups is 1. The fourth-order valence-electron chi connectivity index (χ4n) is 7.74. The van der Waals surface area contributed by atoms with Crippen molar-refractivity contribution in [2.24, 2.45) is 11.8 Å². The molecule has 0 radical (unpaired) electrons. The third kappa shape index (κ3) is 5.28. The fourth-order valence-corrected chi connectivity index (χ4v) is 14.0.